The van der Waals surface area contributed by atoms with Crippen molar-refractivity contribution in [3.8, 4) is 0 Å². The van der Waals surface area contributed by atoms with Crippen molar-refractivity contribution in [1.82, 2.24) is 10.4 Å². The van der Waals surface area contributed by atoms with Crippen molar-refractivity contribution in [2.24, 2.45) is 0 Å². The summed E-state index contributed by atoms with van der Waals surface area (Å²) in [6.45, 7) is 4.49. The second-order valence-corrected chi connectivity index (χ2v) is 13.4. The highest BCUT2D eigenvalue weighted by Crippen LogP contribution is 2.34. The maximum atomic E-state index is 13.4. The van der Waals surface area contributed by atoms with E-state index in [1.165, 1.54) is 122 Å². The standard InChI is InChI=1S/C38H63N3O5/c1-3-5-7-9-11-13-15-17-19-21-23-25-27-29-33(42)32-31-35-37(39-40-46-35)38(41(44)45)36(32)34(43)30-28-26-24-22-20-18-16-14-12-10-8-6-4-2/h31H,3-30H2,1-2H3. The second kappa shape index (κ2) is 25.4. The zero-order chi connectivity index (χ0) is 33.2. The molecule has 0 radical (unpaired) electrons. The van der Waals surface area contributed by atoms with E-state index in [0.717, 1.165) is 38.5 Å². The van der Waals surface area contributed by atoms with Crippen molar-refractivity contribution in [3.05, 3.63) is 27.3 Å². The molecule has 0 spiro atoms. The number of carbonyl (C=O) groups excluding carboxylic acids is 2. The van der Waals surface area contributed by atoms with Gasteiger partial charge in [-0.15, -0.1) is 5.10 Å². The van der Waals surface area contributed by atoms with Crippen LogP contribution in [-0.4, -0.2) is 26.9 Å². The topological polar surface area (TPSA) is 116 Å². The van der Waals surface area contributed by atoms with Crippen LogP contribution in [0.15, 0.2) is 10.6 Å². The smallest absolute Gasteiger partial charge is 0.312 e. The van der Waals surface area contributed by atoms with Crippen LogP contribution < -0.4 is 0 Å². The Hall–Kier alpha value is -2.64. The van der Waals surface area contributed by atoms with E-state index in [0.29, 0.717) is 12.8 Å². The molecule has 0 aliphatic heterocycles. The molecule has 0 saturated carbocycles. The predicted molar refractivity (Wildman–Crippen MR) is 188 cm³/mol. The van der Waals surface area contributed by atoms with Crippen LogP contribution >= 0.6 is 0 Å². The molecule has 1 heterocycles. The largest absolute Gasteiger partial charge is 0.337 e. The number of fused-ring (bicyclic) bond motifs is 1. The van der Waals surface area contributed by atoms with Gasteiger partial charge >= 0.3 is 5.69 Å². The summed E-state index contributed by atoms with van der Waals surface area (Å²) in [6, 6.07) is 1.43. The van der Waals surface area contributed by atoms with Gasteiger partial charge in [-0.05, 0) is 18.9 Å². The van der Waals surface area contributed by atoms with Gasteiger partial charge in [0.25, 0.3) is 0 Å². The lowest BCUT2D eigenvalue weighted by atomic mass is 9.92. The summed E-state index contributed by atoms with van der Waals surface area (Å²) < 4.78 is 5.11. The number of Topliss-reactive ketones (excluding diaryl/α,β-unsaturated/α-hetero) is 2. The Morgan fingerprint density at radius 2 is 0.978 bits per heavy atom. The summed E-state index contributed by atoms with van der Waals surface area (Å²) in [5.41, 5.74) is -0.496. The molecule has 260 valence electrons. The summed E-state index contributed by atoms with van der Waals surface area (Å²) in [6.07, 6.45) is 31.6. The first kappa shape index (κ1) is 39.5. The van der Waals surface area contributed by atoms with Gasteiger partial charge in [0.1, 0.15) is 5.56 Å². The molecule has 8 nitrogen and oxygen atoms in total. The van der Waals surface area contributed by atoms with Crippen LogP contribution in [0.2, 0.25) is 0 Å². The number of ketones is 2. The predicted octanol–water partition coefficient (Wildman–Crippen LogP) is 12.5. The fourth-order valence-corrected chi connectivity index (χ4v) is 6.45. The molecule has 0 N–H and O–H groups in total. The van der Waals surface area contributed by atoms with Crippen molar-refractivity contribution in [2.75, 3.05) is 0 Å². The minimum atomic E-state index is -0.619. The normalized spacial score (nSPS) is 11.4. The molecule has 0 aliphatic rings. The van der Waals surface area contributed by atoms with Gasteiger partial charge < -0.3 is 4.52 Å². The number of aromatic nitrogens is 2. The lowest BCUT2D eigenvalue weighted by Crippen LogP contribution is -2.13. The van der Waals surface area contributed by atoms with Gasteiger partial charge in [-0.2, -0.15) is 0 Å². The van der Waals surface area contributed by atoms with Crippen LogP contribution in [0.4, 0.5) is 5.69 Å². The molecule has 0 aliphatic carbocycles. The molecule has 2 rings (SSSR count). The average molecular weight is 642 g/mol. The summed E-state index contributed by atoms with van der Waals surface area (Å²) >= 11 is 0. The molecule has 46 heavy (non-hydrogen) atoms. The fraction of sp³-hybridized carbons (Fsp3) is 0.789. The maximum absolute atomic E-state index is 13.4. The molecule has 1 aromatic carbocycles. The van der Waals surface area contributed by atoms with Crippen LogP contribution in [0.5, 0.6) is 0 Å². The molecule has 8 heteroatoms. The Labute approximate surface area is 278 Å². The third-order valence-corrected chi connectivity index (χ3v) is 9.30. The average Bonchev–Trinajstić information content (AvgIpc) is 3.52. The first-order valence-corrected chi connectivity index (χ1v) is 19.0. The zero-order valence-corrected chi connectivity index (χ0v) is 29.3. The third-order valence-electron chi connectivity index (χ3n) is 9.30. The summed E-state index contributed by atoms with van der Waals surface area (Å²) in [7, 11) is 0. The Morgan fingerprint density at radius 3 is 1.37 bits per heavy atom. The van der Waals surface area contributed by atoms with E-state index in [1.807, 2.05) is 0 Å². The van der Waals surface area contributed by atoms with Crippen LogP contribution in [0, 0.1) is 10.1 Å². The fourth-order valence-electron chi connectivity index (χ4n) is 6.45. The Kier molecular flexibility index (Phi) is 21.9. The van der Waals surface area contributed by atoms with E-state index in [1.54, 1.807) is 0 Å². The molecule has 0 fully saturated rings. The van der Waals surface area contributed by atoms with E-state index in [9.17, 15) is 19.7 Å². The van der Waals surface area contributed by atoms with Gasteiger partial charge in [0.15, 0.2) is 17.1 Å². The van der Waals surface area contributed by atoms with E-state index < -0.39 is 10.6 Å². The monoisotopic (exact) mass is 641 g/mol. The second-order valence-electron chi connectivity index (χ2n) is 13.4. The Bertz CT molecular complexity index is 1130. The highest BCUT2D eigenvalue weighted by Gasteiger charge is 2.32. The van der Waals surface area contributed by atoms with Gasteiger partial charge in [0.05, 0.1) is 4.92 Å². The van der Waals surface area contributed by atoms with Crippen molar-refractivity contribution in [2.45, 2.75) is 194 Å². The number of hydrogen-bond donors (Lipinski definition) is 0. The van der Waals surface area contributed by atoms with Crippen molar-refractivity contribution in [3.63, 3.8) is 0 Å². The molecule has 0 saturated heterocycles. The van der Waals surface area contributed by atoms with Gasteiger partial charge in [-0.1, -0.05) is 168 Å². The summed E-state index contributed by atoms with van der Waals surface area (Å²) in [4.78, 5) is 38.3. The summed E-state index contributed by atoms with van der Waals surface area (Å²) in [5, 5.41) is 19.4. The van der Waals surface area contributed by atoms with E-state index >= 15 is 0 Å². The molecule has 1 aromatic heterocycles. The molecule has 0 amide bonds. The number of unbranched alkanes of at least 4 members (excludes halogenated alkanes) is 24. The van der Waals surface area contributed by atoms with Gasteiger partial charge in [0, 0.05) is 23.7 Å². The molecular formula is C38H63N3O5. The van der Waals surface area contributed by atoms with Gasteiger partial charge in [-0.25, -0.2) is 0 Å². The van der Waals surface area contributed by atoms with Gasteiger partial charge in [-0.3, -0.25) is 19.7 Å². The number of rotatable bonds is 31. The number of carbonyl (C=O) groups is 2. The van der Waals surface area contributed by atoms with Crippen LogP contribution in [0.3, 0.4) is 0 Å². The van der Waals surface area contributed by atoms with E-state index in [4.69, 9.17) is 4.52 Å². The number of nitro benzene ring substituents is 1. The van der Waals surface area contributed by atoms with E-state index in [-0.39, 0.29) is 46.6 Å². The molecule has 0 unspecified atom stereocenters. The van der Waals surface area contributed by atoms with Crippen LogP contribution in [0.25, 0.3) is 11.1 Å². The van der Waals surface area contributed by atoms with Crippen molar-refractivity contribution in [1.29, 1.82) is 0 Å². The Morgan fingerprint density at radius 1 is 0.609 bits per heavy atom. The minimum Gasteiger partial charge on any atom is -0.337 e. The van der Waals surface area contributed by atoms with Crippen LogP contribution in [0.1, 0.15) is 214 Å². The molecule has 0 atom stereocenters. The molecule has 2 aromatic rings. The maximum Gasteiger partial charge on any atom is 0.312 e. The molecular weight excluding hydrogens is 578 g/mol. The lowest BCUT2D eigenvalue weighted by molar-refractivity contribution is -0.383. The third kappa shape index (κ3) is 15.8. The number of benzene rings is 1. The first-order chi connectivity index (χ1) is 22.5. The highest BCUT2D eigenvalue weighted by atomic mass is 16.6. The number of nitro groups is 1. The van der Waals surface area contributed by atoms with Gasteiger partial charge in [0.2, 0.25) is 5.52 Å². The summed E-state index contributed by atoms with van der Waals surface area (Å²) in [5.74, 6) is -0.619. The molecule has 0 bridgehead atoms. The lowest BCUT2D eigenvalue weighted by Gasteiger charge is -2.09. The van der Waals surface area contributed by atoms with Crippen molar-refractivity contribution >= 4 is 28.4 Å². The zero-order valence-electron chi connectivity index (χ0n) is 29.3. The number of hydrogen-bond acceptors (Lipinski definition) is 7. The van der Waals surface area contributed by atoms with Crippen LogP contribution in [-0.2, 0) is 0 Å². The SMILES string of the molecule is CCCCCCCCCCCCCCCC(=O)c1cc2onnc2c([N+](=O)[O-])c1C(=O)CCCCCCCCCCCCCCC. The first-order valence-electron chi connectivity index (χ1n) is 19.0. The minimum absolute atomic E-state index is 0.0675. The van der Waals surface area contributed by atoms with E-state index in [2.05, 4.69) is 24.2 Å². The quantitative estimate of drug-likeness (QED) is 0.0348. The Balaban J connectivity index is 1.77. The highest BCUT2D eigenvalue weighted by molar-refractivity contribution is 6.15. The van der Waals surface area contributed by atoms with Crippen molar-refractivity contribution < 1.29 is 19.0 Å². The number of nitrogens with zero attached hydrogens (tertiary/aromatic N) is 3.